The summed E-state index contributed by atoms with van der Waals surface area (Å²) in [7, 11) is 0. The van der Waals surface area contributed by atoms with Gasteiger partial charge >= 0.3 is 0 Å². The summed E-state index contributed by atoms with van der Waals surface area (Å²) in [5.74, 6) is -2.88. The zero-order valence-electron chi connectivity index (χ0n) is 10.3. The summed E-state index contributed by atoms with van der Waals surface area (Å²) in [6, 6.07) is 1.44. The Labute approximate surface area is 99.6 Å². The van der Waals surface area contributed by atoms with Crippen LogP contribution in [-0.4, -0.2) is 16.7 Å². The Hall–Kier alpha value is -1.26. The number of nitrogens with one attached hydrogen (secondary N) is 1. The molecule has 94 valence electrons. The van der Waals surface area contributed by atoms with E-state index in [1.54, 1.807) is 6.92 Å². The van der Waals surface area contributed by atoms with Gasteiger partial charge in [0.15, 0.2) is 0 Å². The molecule has 0 radical (unpaired) electrons. The Bertz CT molecular complexity index is 430. The molecular weight excluding hydrogens is 224 g/mol. The number of halogens is 2. The monoisotopic (exact) mass is 241 g/mol. The average Bonchev–Trinajstić information content (AvgIpc) is 2.55. The predicted octanol–water partition coefficient (Wildman–Crippen LogP) is 3.07. The highest BCUT2D eigenvalue weighted by molar-refractivity contribution is 5.56. The van der Waals surface area contributed by atoms with Crippen LogP contribution in [0.4, 0.5) is 14.5 Å². The third kappa shape index (κ3) is 2.10. The van der Waals surface area contributed by atoms with Gasteiger partial charge in [0.2, 0.25) is 0 Å². The largest absolute Gasteiger partial charge is 0.383 e. The van der Waals surface area contributed by atoms with Crippen molar-refractivity contribution in [1.29, 1.82) is 0 Å². The molecule has 5 heteroatoms. The summed E-state index contributed by atoms with van der Waals surface area (Å²) in [6.45, 7) is 6.48. The van der Waals surface area contributed by atoms with Crippen LogP contribution >= 0.6 is 0 Å². The number of nitrogens with zero attached hydrogens (tertiary/aromatic N) is 2. The maximum absolute atomic E-state index is 13.7. The standard InChI is InChI=1S/C12H17F2N3/c1-4-5-12(13,14)9-6-8-10(17-16-9)11(2,3)7-15-8/h6,15H,4-5,7H2,1-3H3. The van der Waals surface area contributed by atoms with Crippen molar-refractivity contribution in [1.82, 2.24) is 10.2 Å². The molecule has 0 unspecified atom stereocenters. The van der Waals surface area contributed by atoms with E-state index >= 15 is 0 Å². The predicted molar refractivity (Wildman–Crippen MR) is 62.3 cm³/mol. The van der Waals surface area contributed by atoms with E-state index < -0.39 is 5.92 Å². The minimum atomic E-state index is -2.88. The van der Waals surface area contributed by atoms with E-state index in [0.717, 1.165) is 5.69 Å². The summed E-state index contributed by atoms with van der Waals surface area (Å²) >= 11 is 0. The second-order valence-corrected chi connectivity index (χ2v) is 5.18. The van der Waals surface area contributed by atoms with E-state index in [9.17, 15) is 8.78 Å². The van der Waals surface area contributed by atoms with Crippen LogP contribution in [-0.2, 0) is 11.3 Å². The van der Waals surface area contributed by atoms with Gasteiger partial charge in [-0.3, -0.25) is 0 Å². The number of hydrogen-bond donors (Lipinski definition) is 1. The molecular formula is C12H17F2N3. The number of hydrogen-bond acceptors (Lipinski definition) is 3. The fourth-order valence-corrected chi connectivity index (χ4v) is 2.05. The van der Waals surface area contributed by atoms with Gasteiger partial charge in [-0.1, -0.05) is 27.2 Å². The topological polar surface area (TPSA) is 37.8 Å². The number of fused-ring (bicyclic) bond motifs is 1. The molecule has 2 rings (SSSR count). The van der Waals surface area contributed by atoms with Gasteiger partial charge in [-0.25, -0.2) is 0 Å². The van der Waals surface area contributed by atoms with E-state index in [0.29, 0.717) is 18.7 Å². The third-order valence-electron chi connectivity index (χ3n) is 3.09. The molecule has 2 heterocycles. The number of aromatic nitrogens is 2. The Morgan fingerprint density at radius 1 is 1.41 bits per heavy atom. The van der Waals surface area contributed by atoms with Crippen LogP contribution in [0, 0.1) is 0 Å². The Balaban J connectivity index is 2.36. The molecule has 17 heavy (non-hydrogen) atoms. The maximum atomic E-state index is 13.7. The van der Waals surface area contributed by atoms with Crippen LogP contribution in [0.2, 0.25) is 0 Å². The minimum Gasteiger partial charge on any atom is -0.383 e. The molecule has 0 saturated carbocycles. The number of rotatable bonds is 3. The molecule has 0 atom stereocenters. The van der Waals surface area contributed by atoms with E-state index in [-0.39, 0.29) is 17.5 Å². The molecule has 0 fully saturated rings. The quantitative estimate of drug-likeness (QED) is 0.883. The van der Waals surface area contributed by atoms with Crippen molar-refractivity contribution >= 4 is 5.69 Å². The molecule has 1 N–H and O–H groups in total. The van der Waals surface area contributed by atoms with Crippen molar-refractivity contribution in [2.45, 2.75) is 45.0 Å². The zero-order chi connectivity index (χ0) is 12.7. The Morgan fingerprint density at radius 2 is 2.12 bits per heavy atom. The molecule has 1 aromatic heterocycles. The van der Waals surface area contributed by atoms with Crippen LogP contribution in [0.5, 0.6) is 0 Å². The Morgan fingerprint density at radius 3 is 2.76 bits per heavy atom. The van der Waals surface area contributed by atoms with Gasteiger partial charge in [0.05, 0.1) is 11.4 Å². The van der Waals surface area contributed by atoms with Gasteiger partial charge in [-0.15, -0.1) is 5.10 Å². The molecule has 0 bridgehead atoms. The molecule has 0 aliphatic carbocycles. The average molecular weight is 241 g/mol. The number of alkyl halides is 2. The van der Waals surface area contributed by atoms with E-state index in [1.165, 1.54) is 6.07 Å². The van der Waals surface area contributed by atoms with Gasteiger partial charge < -0.3 is 5.32 Å². The Kier molecular flexibility index (Phi) is 2.79. The SMILES string of the molecule is CCCC(F)(F)c1cc2c(nn1)C(C)(C)CN2. The van der Waals surface area contributed by atoms with Gasteiger partial charge in [0.1, 0.15) is 5.69 Å². The van der Waals surface area contributed by atoms with Crippen LogP contribution in [0.1, 0.15) is 45.0 Å². The molecule has 1 aliphatic heterocycles. The molecule has 0 amide bonds. The second-order valence-electron chi connectivity index (χ2n) is 5.18. The molecule has 3 nitrogen and oxygen atoms in total. The number of anilines is 1. The maximum Gasteiger partial charge on any atom is 0.291 e. The fourth-order valence-electron chi connectivity index (χ4n) is 2.05. The third-order valence-corrected chi connectivity index (χ3v) is 3.09. The normalized spacial score (nSPS) is 17.7. The molecule has 0 aromatic carbocycles. The van der Waals surface area contributed by atoms with Crippen LogP contribution in [0.25, 0.3) is 0 Å². The molecule has 0 spiro atoms. The van der Waals surface area contributed by atoms with E-state index in [4.69, 9.17) is 0 Å². The van der Waals surface area contributed by atoms with E-state index in [2.05, 4.69) is 15.5 Å². The summed E-state index contributed by atoms with van der Waals surface area (Å²) in [4.78, 5) is 0. The highest BCUT2D eigenvalue weighted by atomic mass is 19.3. The first-order valence-electron chi connectivity index (χ1n) is 5.87. The summed E-state index contributed by atoms with van der Waals surface area (Å²) < 4.78 is 27.4. The summed E-state index contributed by atoms with van der Waals surface area (Å²) in [5.41, 5.74) is 1.09. The van der Waals surface area contributed by atoms with Crippen molar-refractivity contribution in [2.24, 2.45) is 0 Å². The minimum absolute atomic E-state index is 0.138. The lowest BCUT2D eigenvalue weighted by atomic mass is 9.91. The first kappa shape index (κ1) is 12.2. The van der Waals surface area contributed by atoms with Crippen molar-refractivity contribution in [3.05, 3.63) is 17.5 Å². The van der Waals surface area contributed by atoms with Crippen molar-refractivity contribution in [3.8, 4) is 0 Å². The lowest BCUT2D eigenvalue weighted by Gasteiger charge is -2.17. The van der Waals surface area contributed by atoms with Crippen molar-refractivity contribution < 1.29 is 8.78 Å². The summed E-state index contributed by atoms with van der Waals surface area (Å²) in [5, 5.41) is 10.8. The molecule has 1 aliphatic rings. The van der Waals surface area contributed by atoms with Crippen molar-refractivity contribution in [2.75, 3.05) is 11.9 Å². The molecule has 1 aromatic rings. The first-order chi connectivity index (χ1) is 7.87. The van der Waals surface area contributed by atoms with Crippen LogP contribution in [0.3, 0.4) is 0 Å². The van der Waals surface area contributed by atoms with E-state index in [1.807, 2.05) is 13.8 Å². The van der Waals surface area contributed by atoms with Gasteiger partial charge in [-0.2, -0.15) is 13.9 Å². The second kappa shape index (κ2) is 3.89. The van der Waals surface area contributed by atoms with Crippen LogP contribution < -0.4 is 5.32 Å². The van der Waals surface area contributed by atoms with Crippen LogP contribution in [0.15, 0.2) is 6.07 Å². The fraction of sp³-hybridized carbons (Fsp3) is 0.667. The lowest BCUT2D eigenvalue weighted by molar-refractivity contribution is -0.0192. The van der Waals surface area contributed by atoms with Gasteiger partial charge in [0, 0.05) is 18.4 Å². The first-order valence-corrected chi connectivity index (χ1v) is 5.87. The van der Waals surface area contributed by atoms with Gasteiger partial charge in [0.25, 0.3) is 5.92 Å². The smallest absolute Gasteiger partial charge is 0.291 e. The summed E-state index contributed by atoms with van der Waals surface area (Å²) in [6.07, 6.45) is 0.231. The van der Waals surface area contributed by atoms with Crippen molar-refractivity contribution in [3.63, 3.8) is 0 Å². The lowest BCUT2D eigenvalue weighted by Crippen LogP contribution is -2.21. The highest BCUT2D eigenvalue weighted by Gasteiger charge is 2.37. The zero-order valence-corrected chi connectivity index (χ0v) is 10.3. The highest BCUT2D eigenvalue weighted by Crippen LogP contribution is 2.38. The molecule has 0 saturated heterocycles. The van der Waals surface area contributed by atoms with Gasteiger partial charge in [-0.05, 0) is 6.07 Å².